The van der Waals surface area contributed by atoms with E-state index < -0.39 is 6.29 Å². The largest absolute Gasteiger partial charge is 0.396 e. The second-order valence-electron chi connectivity index (χ2n) is 5.42. The molecule has 0 spiro atoms. The Kier molecular flexibility index (Phi) is 14.1. The van der Waals surface area contributed by atoms with Crippen LogP contribution in [0.2, 0.25) is 0 Å². The molecule has 0 radical (unpaired) electrons. The van der Waals surface area contributed by atoms with Gasteiger partial charge in [-0.15, -0.1) is 0 Å². The molecule has 0 aromatic heterocycles. The van der Waals surface area contributed by atoms with E-state index in [9.17, 15) is 0 Å². The molecule has 0 saturated heterocycles. The predicted molar refractivity (Wildman–Crippen MR) is 76.7 cm³/mol. The highest BCUT2D eigenvalue weighted by Crippen LogP contribution is 2.22. The zero-order chi connectivity index (χ0) is 14.3. The van der Waals surface area contributed by atoms with Crippen molar-refractivity contribution in [3.05, 3.63) is 0 Å². The van der Waals surface area contributed by atoms with Gasteiger partial charge in [0.2, 0.25) is 0 Å². The van der Waals surface area contributed by atoms with Crippen LogP contribution >= 0.6 is 0 Å². The zero-order valence-electron chi connectivity index (χ0n) is 12.1. The molecule has 1 atom stereocenters. The van der Waals surface area contributed by atoms with Crippen molar-refractivity contribution in [3.63, 3.8) is 0 Å². The molecule has 0 bridgehead atoms. The Morgan fingerprint density at radius 1 is 0.526 bits per heavy atom. The number of rotatable bonds is 14. The molecule has 0 aromatic rings. The molecule has 4 heteroatoms. The molecule has 0 aromatic carbocycles. The van der Waals surface area contributed by atoms with Crippen molar-refractivity contribution >= 4 is 0 Å². The van der Waals surface area contributed by atoms with Crippen LogP contribution in [0.4, 0.5) is 0 Å². The van der Waals surface area contributed by atoms with Crippen LogP contribution in [0.1, 0.15) is 70.6 Å². The average molecular weight is 276 g/mol. The lowest BCUT2D eigenvalue weighted by Gasteiger charge is -2.16. The van der Waals surface area contributed by atoms with E-state index in [2.05, 4.69) is 0 Å². The molecule has 0 rings (SSSR count). The van der Waals surface area contributed by atoms with Crippen LogP contribution < -0.4 is 0 Å². The Balaban J connectivity index is 3.60. The Bertz CT molecular complexity index is 174. The second-order valence-corrected chi connectivity index (χ2v) is 5.42. The Hall–Kier alpha value is -0.160. The van der Waals surface area contributed by atoms with Gasteiger partial charge in [-0.1, -0.05) is 38.5 Å². The molecule has 0 heterocycles. The third-order valence-electron chi connectivity index (χ3n) is 3.62. The van der Waals surface area contributed by atoms with Gasteiger partial charge in [-0.25, -0.2) is 0 Å². The Morgan fingerprint density at radius 3 is 1.53 bits per heavy atom. The van der Waals surface area contributed by atoms with Crippen LogP contribution in [-0.2, 0) is 0 Å². The normalized spacial score (nSPS) is 13.1. The van der Waals surface area contributed by atoms with Crippen molar-refractivity contribution in [2.75, 3.05) is 13.2 Å². The van der Waals surface area contributed by atoms with Crippen LogP contribution in [0.5, 0.6) is 0 Å². The summed E-state index contributed by atoms with van der Waals surface area (Å²) in [5.41, 5.74) is 0. The lowest BCUT2D eigenvalue weighted by atomic mass is 9.91. The summed E-state index contributed by atoms with van der Waals surface area (Å²) < 4.78 is 0. The van der Waals surface area contributed by atoms with E-state index in [0.29, 0.717) is 12.3 Å². The van der Waals surface area contributed by atoms with Crippen LogP contribution in [0.15, 0.2) is 0 Å². The van der Waals surface area contributed by atoms with E-state index in [1.54, 1.807) is 0 Å². The molecular weight excluding hydrogens is 244 g/mol. The van der Waals surface area contributed by atoms with Gasteiger partial charge in [0.05, 0.1) is 0 Å². The summed E-state index contributed by atoms with van der Waals surface area (Å²) in [7, 11) is 0. The second kappa shape index (κ2) is 14.3. The van der Waals surface area contributed by atoms with Gasteiger partial charge in [0.15, 0.2) is 6.29 Å². The SMILES string of the molecule is OCCCCCC(CCCO)CCCCCC(O)O. The summed E-state index contributed by atoms with van der Waals surface area (Å²) >= 11 is 0. The van der Waals surface area contributed by atoms with Gasteiger partial charge in [-0.3, -0.25) is 0 Å². The van der Waals surface area contributed by atoms with E-state index in [1.165, 1.54) is 12.8 Å². The van der Waals surface area contributed by atoms with E-state index in [4.69, 9.17) is 20.4 Å². The van der Waals surface area contributed by atoms with Crippen LogP contribution in [-0.4, -0.2) is 39.9 Å². The van der Waals surface area contributed by atoms with Gasteiger partial charge in [-0.2, -0.15) is 0 Å². The van der Waals surface area contributed by atoms with Crippen LogP contribution in [0, 0.1) is 5.92 Å². The van der Waals surface area contributed by atoms with Gasteiger partial charge in [0.25, 0.3) is 0 Å². The van der Waals surface area contributed by atoms with E-state index >= 15 is 0 Å². The summed E-state index contributed by atoms with van der Waals surface area (Å²) in [6.07, 6.45) is 9.79. The molecule has 0 aliphatic heterocycles. The maximum absolute atomic E-state index is 8.91. The monoisotopic (exact) mass is 276 g/mol. The third-order valence-corrected chi connectivity index (χ3v) is 3.62. The fourth-order valence-electron chi connectivity index (χ4n) is 2.47. The molecule has 0 saturated carbocycles. The number of unbranched alkanes of at least 4 members (excludes halogenated alkanes) is 4. The van der Waals surface area contributed by atoms with Gasteiger partial charge in [0, 0.05) is 13.2 Å². The minimum Gasteiger partial charge on any atom is -0.396 e. The molecular formula is C15H32O4. The van der Waals surface area contributed by atoms with Crippen molar-refractivity contribution in [1.29, 1.82) is 0 Å². The molecule has 116 valence electrons. The highest BCUT2D eigenvalue weighted by Gasteiger charge is 2.08. The first kappa shape index (κ1) is 18.8. The molecule has 1 unspecified atom stereocenters. The minimum absolute atomic E-state index is 0.268. The molecule has 4 nitrogen and oxygen atoms in total. The lowest BCUT2D eigenvalue weighted by Crippen LogP contribution is -2.05. The molecule has 0 aliphatic carbocycles. The van der Waals surface area contributed by atoms with Crippen molar-refractivity contribution in [2.45, 2.75) is 76.9 Å². The van der Waals surface area contributed by atoms with E-state index in [-0.39, 0.29) is 13.2 Å². The summed E-state index contributed by atoms with van der Waals surface area (Å²) in [6.45, 7) is 0.550. The number of hydrogen-bond donors (Lipinski definition) is 4. The maximum atomic E-state index is 8.91. The summed E-state index contributed by atoms with van der Waals surface area (Å²) in [6, 6.07) is 0. The topological polar surface area (TPSA) is 80.9 Å². The molecule has 0 amide bonds. The number of hydrogen-bond acceptors (Lipinski definition) is 4. The standard InChI is InChI=1S/C15H32O4/c16-12-6-2-4-9-14(10-7-13-17)8-3-1-5-11-15(18)19/h14-19H,1-13H2. The van der Waals surface area contributed by atoms with E-state index in [0.717, 1.165) is 51.4 Å². The highest BCUT2D eigenvalue weighted by atomic mass is 16.5. The van der Waals surface area contributed by atoms with Gasteiger partial charge >= 0.3 is 0 Å². The Labute approximate surface area is 117 Å². The zero-order valence-corrected chi connectivity index (χ0v) is 12.1. The number of aliphatic hydroxyl groups is 4. The van der Waals surface area contributed by atoms with Crippen molar-refractivity contribution < 1.29 is 20.4 Å². The third kappa shape index (κ3) is 14.1. The minimum atomic E-state index is -1.16. The Morgan fingerprint density at radius 2 is 1.00 bits per heavy atom. The van der Waals surface area contributed by atoms with Crippen molar-refractivity contribution in [1.82, 2.24) is 0 Å². The molecule has 0 fully saturated rings. The van der Waals surface area contributed by atoms with Crippen molar-refractivity contribution in [3.8, 4) is 0 Å². The van der Waals surface area contributed by atoms with Gasteiger partial charge in [-0.05, 0) is 38.0 Å². The summed E-state index contributed by atoms with van der Waals surface area (Å²) in [4.78, 5) is 0. The average Bonchev–Trinajstić information content (AvgIpc) is 2.39. The first-order valence-corrected chi connectivity index (χ1v) is 7.78. The highest BCUT2D eigenvalue weighted by molar-refractivity contribution is 4.61. The summed E-state index contributed by atoms with van der Waals surface area (Å²) in [5, 5.41) is 35.2. The molecule has 0 aliphatic rings. The summed E-state index contributed by atoms with van der Waals surface area (Å²) in [5.74, 6) is 0.671. The number of aliphatic hydroxyl groups excluding tert-OH is 3. The quantitative estimate of drug-likeness (QED) is 0.289. The fraction of sp³-hybridized carbons (Fsp3) is 1.00. The van der Waals surface area contributed by atoms with Gasteiger partial charge < -0.3 is 20.4 Å². The maximum Gasteiger partial charge on any atom is 0.151 e. The predicted octanol–water partition coefficient (Wildman–Crippen LogP) is 2.19. The van der Waals surface area contributed by atoms with Crippen LogP contribution in [0.3, 0.4) is 0 Å². The van der Waals surface area contributed by atoms with Gasteiger partial charge in [0.1, 0.15) is 0 Å². The van der Waals surface area contributed by atoms with E-state index in [1.807, 2.05) is 0 Å². The molecule has 19 heavy (non-hydrogen) atoms. The first-order chi connectivity index (χ1) is 9.20. The molecule has 4 N–H and O–H groups in total. The van der Waals surface area contributed by atoms with Crippen LogP contribution in [0.25, 0.3) is 0 Å². The lowest BCUT2D eigenvalue weighted by molar-refractivity contribution is -0.0466. The smallest absolute Gasteiger partial charge is 0.151 e. The first-order valence-electron chi connectivity index (χ1n) is 7.78. The fourth-order valence-corrected chi connectivity index (χ4v) is 2.47. The van der Waals surface area contributed by atoms with Crippen molar-refractivity contribution in [2.24, 2.45) is 5.92 Å².